The van der Waals surface area contributed by atoms with Gasteiger partial charge in [0.2, 0.25) is 0 Å². The van der Waals surface area contributed by atoms with Gasteiger partial charge in [-0.05, 0) is 59.6 Å². The Labute approximate surface area is 132 Å². The predicted molar refractivity (Wildman–Crippen MR) is 84.7 cm³/mol. The first-order valence-corrected chi connectivity index (χ1v) is 7.67. The van der Waals surface area contributed by atoms with Gasteiger partial charge in [-0.2, -0.15) is 0 Å². The Kier molecular flexibility index (Phi) is 4.22. The summed E-state index contributed by atoms with van der Waals surface area (Å²) in [5.41, 5.74) is 1.10. The van der Waals surface area contributed by atoms with E-state index < -0.39 is 17.3 Å². The summed E-state index contributed by atoms with van der Waals surface area (Å²) in [6.45, 7) is 10.9. The number of pyridine rings is 1. The number of nitrogens with zero attached hydrogens (tertiary/aromatic N) is 1. The molecule has 1 amide bonds. The Morgan fingerprint density at radius 2 is 1.95 bits per heavy atom. The van der Waals surface area contributed by atoms with E-state index in [9.17, 15) is 9.90 Å². The zero-order valence-corrected chi connectivity index (χ0v) is 14.2. The van der Waals surface area contributed by atoms with Crippen molar-refractivity contribution in [2.24, 2.45) is 0 Å². The van der Waals surface area contributed by atoms with Crippen molar-refractivity contribution < 1.29 is 14.6 Å². The molecule has 0 saturated heterocycles. The number of amides is 1. The normalized spacial score (nSPS) is 21.4. The maximum Gasteiger partial charge on any atom is 0.407 e. The molecule has 22 heavy (non-hydrogen) atoms. The number of hydrogen-bond donors (Lipinski definition) is 2. The van der Waals surface area contributed by atoms with Crippen molar-refractivity contribution in [3.8, 4) is 0 Å². The third-order valence-electron chi connectivity index (χ3n) is 3.57. The number of alkyl carbamates (subject to hydrolysis) is 1. The van der Waals surface area contributed by atoms with Gasteiger partial charge >= 0.3 is 6.09 Å². The average molecular weight is 306 g/mol. The van der Waals surface area contributed by atoms with E-state index in [1.165, 1.54) is 0 Å². The second-order valence-corrected chi connectivity index (χ2v) is 7.56. The summed E-state index contributed by atoms with van der Waals surface area (Å²) in [6.07, 6.45) is 0.454. The topological polar surface area (TPSA) is 71.5 Å². The summed E-state index contributed by atoms with van der Waals surface area (Å²) in [4.78, 5) is 16.4. The molecule has 5 nitrogen and oxygen atoms in total. The number of carbonyl (C=O) groups is 1. The van der Waals surface area contributed by atoms with E-state index in [2.05, 4.69) is 10.3 Å². The fourth-order valence-corrected chi connectivity index (χ4v) is 2.51. The first-order valence-electron chi connectivity index (χ1n) is 7.67. The highest BCUT2D eigenvalue weighted by molar-refractivity contribution is 5.69. The zero-order chi connectivity index (χ0) is 16.7. The third kappa shape index (κ3) is 4.19. The Hall–Kier alpha value is -1.62. The van der Waals surface area contributed by atoms with E-state index in [1.807, 2.05) is 39.8 Å². The van der Waals surface area contributed by atoms with Crippen LogP contribution in [0.25, 0.3) is 0 Å². The van der Waals surface area contributed by atoms with Gasteiger partial charge in [-0.3, -0.25) is 4.98 Å². The van der Waals surface area contributed by atoms with Gasteiger partial charge in [0.05, 0.1) is 5.69 Å². The molecule has 1 aliphatic rings. The smallest absolute Gasteiger partial charge is 0.407 e. The van der Waals surface area contributed by atoms with Gasteiger partial charge in [-0.25, -0.2) is 4.79 Å². The second-order valence-electron chi connectivity index (χ2n) is 7.56. The molecule has 0 radical (unpaired) electrons. The first kappa shape index (κ1) is 16.7. The monoisotopic (exact) mass is 306 g/mol. The van der Waals surface area contributed by atoms with Crippen LogP contribution >= 0.6 is 0 Å². The number of rotatable bonds is 3. The molecular weight excluding hydrogens is 280 g/mol. The maximum absolute atomic E-state index is 11.8. The van der Waals surface area contributed by atoms with Crippen molar-refractivity contribution in [1.82, 2.24) is 10.3 Å². The highest BCUT2D eigenvalue weighted by atomic mass is 16.6. The van der Waals surface area contributed by atoms with Crippen molar-refractivity contribution in [3.05, 3.63) is 29.1 Å². The highest BCUT2D eigenvalue weighted by Crippen LogP contribution is 2.40. The lowest BCUT2D eigenvalue weighted by atomic mass is 9.99. The fourth-order valence-electron chi connectivity index (χ4n) is 2.51. The van der Waals surface area contributed by atoms with Crippen LogP contribution in [0, 0.1) is 6.92 Å². The molecule has 0 bridgehead atoms. The van der Waals surface area contributed by atoms with Gasteiger partial charge in [0.15, 0.2) is 0 Å². The Bertz CT molecular complexity index is 570. The zero-order valence-electron chi connectivity index (χ0n) is 14.2. The lowest BCUT2D eigenvalue weighted by Gasteiger charge is -2.20. The maximum atomic E-state index is 11.8. The van der Waals surface area contributed by atoms with Crippen molar-refractivity contribution >= 4 is 6.09 Å². The molecule has 0 aromatic carbocycles. The van der Waals surface area contributed by atoms with Gasteiger partial charge in [0.1, 0.15) is 11.2 Å². The molecule has 0 spiro atoms. The summed E-state index contributed by atoms with van der Waals surface area (Å²) in [5, 5.41) is 13.1. The van der Waals surface area contributed by atoms with Crippen molar-refractivity contribution in [2.45, 2.75) is 71.1 Å². The molecule has 2 unspecified atom stereocenters. The number of aryl methyl sites for hydroxylation is 1. The summed E-state index contributed by atoms with van der Waals surface area (Å²) < 4.78 is 5.26. The van der Waals surface area contributed by atoms with Crippen LogP contribution in [-0.4, -0.2) is 27.8 Å². The lowest BCUT2D eigenvalue weighted by molar-refractivity contribution is 0.0522. The minimum atomic E-state index is -0.969. The van der Waals surface area contributed by atoms with E-state index in [1.54, 1.807) is 13.8 Å². The molecule has 2 atom stereocenters. The molecule has 1 aliphatic carbocycles. The van der Waals surface area contributed by atoms with Crippen molar-refractivity contribution in [2.75, 3.05) is 0 Å². The number of aromatic nitrogens is 1. The number of hydrogen-bond acceptors (Lipinski definition) is 4. The molecule has 122 valence electrons. The highest BCUT2D eigenvalue weighted by Gasteiger charge is 2.42. The Morgan fingerprint density at radius 1 is 1.32 bits per heavy atom. The summed E-state index contributed by atoms with van der Waals surface area (Å²) in [6, 6.07) is 3.99. The van der Waals surface area contributed by atoms with Crippen LogP contribution in [0.3, 0.4) is 0 Å². The number of aliphatic hydroxyl groups is 1. The molecule has 1 saturated carbocycles. The number of nitrogens with one attached hydrogen (secondary N) is 1. The van der Waals surface area contributed by atoms with Gasteiger partial charge in [-0.1, -0.05) is 6.07 Å². The lowest BCUT2D eigenvalue weighted by Crippen LogP contribution is -2.34. The molecule has 1 heterocycles. The van der Waals surface area contributed by atoms with Crippen molar-refractivity contribution in [1.29, 1.82) is 0 Å². The van der Waals surface area contributed by atoms with Gasteiger partial charge in [0.25, 0.3) is 0 Å². The van der Waals surface area contributed by atoms with Gasteiger partial charge in [0, 0.05) is 17.7 Å². The van der Waals surface area contributed by atoms with Crippen LogP contribution < -0.4 is 5.32 Å². The summed E-state index contributed by atoms with van der Waals surface area (Å²) in [7, 11) is 0. The molecule has 2 rings (SSSR count). The standard InChI is InChI=1S/C17H26N2O3/c1-10-7-8-12(18-14(10)17(5,6)21)11-9-13(11)19-15(20)22-16(2,3)4/h7-8,11,13,21H,9H2,1-6H3,(H,19,20). The molecule has 1 aromatic rings. The molecule has 1 aromatic heterocycles. The van der Waals surface area contributed by atoms with E-state index >= 15 is 0 Å². The van der Waals surface area contributed by atoms with E-state index in [4.69, 9.17) is 4.74 Å². The SMILES string of the molecule is Cc1ccc(C2CC2NC(=O)OC(C)(C)C)nc1C(C)(C)O. The van der Waals surface area contributed by atoms with Crippen LogP contribution in [-0.2, 0) is 10.3 Å². The minimum absolute atomic E-state index is 0.0553. The molecule has 2 N–H and O–H groups in total. The third-order valence-corrected chi connectivity index (χ3v) is 3.57. The van der Waals surface area contributed by atoms with Crippen molar-refractivity contribution in [3.63, 3.8) is 0 Å². The second kappa shape index (κ2) is 5.54. The first-order chi connectivity index (χ1) is 9.97. The fraction of sp³-hybridized carbons (Fsp3) is 0.647. The van der Waals surface area contributed by atoms with Crippen LogP contribution in [0.5, 0.6) is 0 Å². The molecule has 1 fully saturated rings. The largest absolute Gasteiger partial charge is 0.444 e. The number of ether oxygens (including phenoxy) is 1. The van der Waals surface area contributed by atoms with E-state index in [-0.39, 0.29) is 12.0 Å². The molecule has 0 aliphatic heterocycles. The number of carbonyl (C=O) groups excluding carboxylic acids is 1. The van der Waals surface area contributed by atoms with E-state index in [0.717, 1.165) is 17.7 Å². The van der Waals surface area contributed by atoms with Crippen LogP contribution in [0.1, 0.15) is 63.9 Å². The minimum Gasteiger partial charge on any atom is -0.444 e. The van der Waals surface area contributed by atoms with Crippen LogP contribution in [0.4, 0.5) is 4.79 Å². The molecule has 5 heteroatoms. The summed E-state index contributed by atoms with van der Waals surface area (Å²) >= 11 is 0. The van der Waals surface area contributed by atoms with Gasteiger partial charge in [-0.15, -0.1) is 0 Å². The van der Waals surface area contributed by atoms with Gasteiger partial charge < -0.3 is 15.2 Å². The predicted octanol–water partition coefficient (Wildman–Crippen LogP) is 3.00. The molecular formula is C17H26N2O3. The Morgan fingerprint density at radius 3 is 2.50 bits per heavy atom. The Balaban J connectivity index is 2.03. The average Bonchev–Trinajstić information content (AvgIpc) is 3.04. The van der Waals surface area contributed by atoms with Crippen LogP contribution in [0.15, 0.2) is 12.1 Å². The summed E-state index contributed by atoms with van der Waals surface area (Å²) in [5.74, 6) is 0.189. The van der Waals surface area contributed by atoms with Crippen LogP contribution in [0.2, 0.25) is 0 Å². The quantitative estimate of drug-likeness (QED) is 0.900. The van der Waals surface area contributed by atoms with E-state index in [0.29, 0.717) is 5.69 Å².